The molecule has 4 aromatic rings. The number of benzene rings is 2. The number of rotatable bonds is 11. The average Bonchev–Trinajstić information content (AvgIpc) is 3.40. The van der Waals surface area contributed by atoms with Crippen LogP contribution in [0.2, 0.25) is 0 Å². The predicted molar refractivity (Wildman–Crippen MR) is 140 cm³/mol. The average molecular weight is 488 g/mol. The van der Waals surface area contributed by atoms with Crippen molar-refractivity contribution in [2.75, 3.05) is 51.5 Å². The summed E-state index contributed by atoms with van der Waals surface area (Å²) >= 11 is 0. The van der Waals surface area contributed by atoms with E-state index in [0.717, 1.165) is 66.4 Å². The summed E-state index contributed by atoms with van der Waals surface area (Å²) in [5.41, 5.74) is 4.45. The zero-order chi connectivity index (χ0) is 24.6. The Morgan fingerprint density at radius 1 is 0.972 bits per heavy atom. The van der Waals surface area contributed by atoms with Crippen molar-refractivity contribution in [3.63, 3.8) is 0 Å². The van der Waals surface area contributed by atoms with Crippen LogP contribution >= 0.6 is 0 Å². The Kier molecular flexibility index (Phi) is 8.07. The highest BCUT2D eigenvalue weighted by Gasteiger charge is 2.13. The third kappa shape index (κ3) is 6.40. The lowest BCUT2D eigenvalue weighted by Gasteiger charge is -2.26. The number of fused-ring (bicyclic) bond motifs is 1. The zero-order valence-electron chi connectivity index (χ0n) is 20.7. The second-order valence-corrected chi connectivity index (χ2v) is 9.03. The van der Waals surface area contributed by atoms with E-state index >= 15 is 0 Å². The van der Waals surface area contributed by atoms with Gasteiger partial charge in [-0.3, -0.25) is 10.00 Å². The van der Waals surface area contributed by atoms with Crippen LogP contribution in [0.3, 0.4) is 0 Å². The molecule has 0 aliphatic carbocycles. The topological polar surface area (TPSA) is 75.7 Å². The van der Waals surface area contributed by atoms with E-state index < -0.39 is 0 Å². The Morgan fingerprint density at radius 2 is 1.81 bits per heavy atom. The Hall–Kier alpha value is -3.46. The van der Waals surface area contributed by atoms with Crippen molar-refractivity contribution >= 4 is 16.7 Å². The number of nitrogens with zero attached hydrogens (tertiary/aromatic N) is 4. The van der Waals surface area contributed by atoms with Gasteiger partial charge in [-0.25, -0.2) is 4.98 Å². The molecule has 0 amide bonds. The van der Waals surface area contributed by atoms with Crippen LogP contribution in [-0.4, -0.2) is 66.6 Å². The van der Waals surface area contributed by atoms with Crippen LogP contribution < -0.4 is 9.64 Å². The van der Waals surface area contributed by atoms with Crippen molar-refractivity contribution in [3.05, 3.63) is 83.7 Å². The molecule has 1 saturated heterocycles. The molecule has 0 unspecified atom stereocenters. The van der Waals surface area contributed by atoms with Crippen LogP contribution in [0.1, 0.15) is 16.7 Å². The Balaban J connectivity index is 1.26. The summed E-state index contributed by atoms with van der Waals surface area (Å²) < 4.78 is 16.7. The number of aromatic nitrogens is 3. The fourth-order valence-electron chi connectivity index (χ4n) is 4.41. The molecule has 8 nitrogen and oxygen atoms in total. The van der Waals surface area contributed by atoms with Gasteiger partial charge in [0.1, 0.15) is 11.6 Å². The summed E-state index contributed by atoms with van der Waals surface area (Å²) in [6.45, 7) is 7.22. The van der Waals surface area contributed by atoms with Crippen molar-refractivity contribution < 1.29 is 14.2 Å². The zero-order valence-corrected chi connectivity index (χ0v) is 20.7. The normalized spacial score (nSPS) is 14.2. The lowest BCUT2D eigenvalue weighted by atomic mass is 10.1. The molecule has 1 N–H and O–H groups in total. The van der Waals surface area contributed by atoms with E-state index in [1.54, 1.807) is 7.11 Å². The van der Waals surface area contributed by atoms with Gasteiger partial charge in [-0.15, -0.1) is 0 Å². The van der Waals surface area contributed by atoms with Gasteiger partial charge in [0, 0.05) is 44.3 Å². The molecule has 0 radical (unpaired) electrons. The number of anilines is 1. The summed E-state index contributed by atoms with van der Waals surface area (Å²) in [5.74, 6) is 1.77. The number of morpholine rings is 1. The maximum Gasteiger partial charge on any atom is 0.129 e. The standard InChI is InChI=1S/C28H33N5O3/c1-34-26-4-2-3-22(15-26)19-33(20-23-5-7-25-18-30-31-27(25)16-23)28-8-6-24(17-29-28)21-36-14-11-32-9-12-35-13-10-32/h2-8,15-18H,9-14,19-21H2,1H3,(H,30,31). The minimum absolute atomic E-state index is 0.560. The molecule has 0 saturated carbocycles. The van der Waals surface area contributed by atoms with Crippen LogP contribution in [0.4, 0.5) is 5.82 Å². The summed E-state index contributed by atoms with van der Waals surface area (Å²) in [6.07, 6.45) is 3.76. The number of nitrogens with one attached hydrogen (secondary N) is 1. The van der Waals surface area contributed by atoms with Crippen molar-refractivity contribution in [2.45, 2.75) is 19.7 Å². The van der Waals surface area contributed by atoms with Crippen molar-refractivity contribution in [3.8, 4) is 5.75 Å². The molecule has 5 rings (SSSR count). The fraction of sp³-hybridized carbons (Fsp3) is 0.357. The molecular weight excluding hydrogens is 454 g/mol. The molecule has 36 heavy (non-hydrogen) atoms. The van der Waals surface area contributed by atoms with Crippen LogP contribution in [-0.2, 0) is 29.2 Å². The molecule has 0 atom stereocenters. The van der Waals surface area contributed by atoms with E-state index in [1.165, 1.54) is 5.56 Å². The quantitative estimate of drug-likeness (QED) is 0.320. The first-order valence-electron chi connectivity index (χ1n) is 12.4. The highest BCUT2D eigenvalue weighted by Crippen LogP contribution is 2.22. The lowest BCUT2D eigenvalue weighted by molar-refractivity contribution is 0.0180. The molecule has 0 bridgehead atoms. The lowest BCUT2D eigenvalue weighted by Crippen LogP contribution is -2.38. The smallest absolute Gasteiger partial charge is 0.129 e. The van der Waals surface area contributed by atoms with Gasteiger partial charge in [0.15, 0.2) is 0 Å². The predicted octanol–water partition coefficient (Wildman–Crippen LogP) is 4.02. The highest BCUT2D eigenvalue weighted by molar-refractivity contribution is 5.78. The van der Waals surface area contributed by atoms with Gasteiger partial charge >= 0.3 is 0 Å². The second-order valence-electron chi connectivity index (χ2n) is 9.03. The minimum Gasteiger partial charge on any atom is -0.497 e. The molecule has 188 valence electrons. The van der Waals surface area contributed by atoms with Crippen molar-refractivity contribution in [2.24, 2.45) is 0 Å². The van der Waals surface area contributed by atoms with E-state index in [9.17, 15) is 0 Å². The summed E-state index contributed by atoms with van der Waals surface area (Å²) in [7, 11) is 1.69. The van der Waals surface area contributed by atoms with Gasteiger partial charge in [-0.2, -0.15) is 5.10 Å². The maximum atomic E-state index is 5.91. The van der Waals surface area contributed by atoms with E-state index in [0.29, 0.717) is 26.3 Å². The van der Waals surface area contributed by atoms with Gasteiger partial charge in [-0.1, -0.05) is 30.3 Å². The molecule has 1 aliphatic rings. The second kappa shape index (κ2) is 12.0. The monoisotopic (exact) mass is 487 g/mol. The SMILES string of the molecule is COc1cccc(CN(Cc2ccc3cn[nH]c3c2)c2ccc(COCCN3CCOCC3)cn2)c1. The largest absolute Gasteiger partial charge is 0.497 e. The van der Waals surface area contributed by atoms with Crippen molar-refractivity contribution in [1.82, 2.24) is 20.1 Å². The van der Waals surface area contributed by atoms with E-state index in [1.807, 2.05) is 24.5 Å². The number of methoxy groups -OCH3 is 1. The maximum absolute atomic E-state index is 5.91. The Bertz CT molecular complexity index is 1240. The third-order valence-electron chi connectivity index (χ3n) is 6.44. The summed E-state index contributed by atoms with van der Waals surface area (Å²) in [6, 6.07) is 18.8. The highest BCUT2D eigenvalue weighted by atomic mass is 16.5. The first-order chi connectivity index (χ1) is 17.8. The summed E-state index contributed by atoms with van der Waals surface area (Å²) in [5, 5.41) is 8.32. The number of aromatic amines is 1. The van der Waals surface area contributed by atoms with E-state index in [2.05, 4.69) is 62.5 Å². The molecular formula is C28H33N5O3. The Labute approximate surface area is 211 Å². The number of pyridine rings is 1. The van der Waals surface area contributed by atoms with Crippen LogP contribution in [0.15, 0.2) is 67.0 Å². The van der Waals surface area contributed by atoms with Gasteiger partial charge in [0.25, 0.3) is 0 Å². The Morgan fingerprint density at radius 3 is 2.61 bits per heavy atom. The first kappa shape index (κ1) is 24.2. The molecule has 8 heteroatoms. The molecule has 2 aromatic heterocycles. The van der Waals surface area contributed by atoms with Crippen molar-refractivity contribution in [1.29, 1.82) is 0 Å². The minimum atomic E-state index is 0.560. The summed E-state index contributed by atoms with van der Waals surface area (Å²) in [4.78, 5) is 9.45. The number of ether oxygens (including phenoxy) is 3. The first-order valence-corrected chi connectivity index (χ1v) is 12.4. The molecule has 0 spiro atoms. The number of hydrogen-bond acceptors (Lipinski definition) is 7. The van der Waals surface area contributed by atoms with Crippen LogP contribution in [0, 0.1) is 0 Å². The number of hydrogen-bond donors (Lipinski definition) is 1. The van der Waals surface area contributed by atoms with Crippen LogP contribution in [0.25, 0.3) is 10.9 Å². The van der Waals surface area contributed by atoms with Gasteiger partial charge < -0.3 is 19.1 Å². The van der Waals surface area contributed by atoms with Gasteiger partial charge in [-0.05, 0) is 41.0 Å². The van der Waals surface area contributed by atoms with E-state index in [4.69, 9.17) is 19.2 Å². The molecule has 3 heterocycles. The fourth-order valence-corrected chi connectivity index (χ4v) is 4.41. The van der Waals surface area contributed by atoms with Crippen LogP contribution in [0.5, 0.6) is 5.75 Å². The van der Waals surface area contributed by atoms with Gasteiger partial charge in [0.05, 0.1) is 45.3 Å². The number of H-pyrrole nitrogens is 1. The molecule has 2 aromatic carbocycles. The molecule has 1 aliphatic heterocycles. The molecule has 1 fully saturated rings. The third-order valence-corrected chi connectivity index (χ3v) is 6.44. The van der Waals surface area contributed by atoms with Gasteiger partial charge in [0.2, 0.25) is 0 Å². The van der Waals surface area contributed by atoms with E-state index in [-0.39, 0.29) is 0 Å².